The summed E-state index contributed by atoms with van der Waals surface area (Å²) in [7, 11) is 6.40. The van der Waals surface area contributed by atoms with Crippen LogP contribution < -0.4 is 15.6 Å². The van der Waals surface area contributed by atoms with Crippen molar-refractivity contribution in [3.63, 3.8) is 0 Å². The fourth-order valence-electron chi connectivity index (χ4n) is 8.54. The van der Waals surface area contributed by atoms with Gasteiger partial charge in [-0.2, -0.15) is 5.70 Å². The van der Waals surface area contributed by atoms with E-state index in [2.05, 4.69) is 158 Å². The van der Waals surface area contributed by atoms with Gasteiger partial charge in [-0.05, 0) is 66.0 Å². The maximum atomic E-state index is 5.17. The molecule has 4 aliphatic heterocycles. The number of nitrogens with one attached hydrogen (secondary N) is 1. The molecule has 0 atom stereocenters. The Labute approximate surface area is 340 Å². The maximum absolute atomic E-state index is 5.17. The van der Waals surface area contributed by atoms with Gasteiger partial charge in [0.15, 0.2) is 0 Å². The Kier molecular flexibility index (Phi) is 12.3. The summed E-state index contributed by atoms with van der Waals surface area (Å²) in [5.41, 5.74) is 14.6. The standard InChI is InChI=1S/C48H60N9/c1-10-40-27-39(46-16-13-36(6)52(46)7)30-43(51-40)33-57-23-21-55(31-41-28-37(25-34(4)49-41)47-17-14-44(11-2)53(47)8)19-20-56(22-24-57)32-42-29-38(26-35(5)50-42)48-18-15-45(12-3)54(48)9/h13-18,25-30H,4-6,10-12,19-24,31-33H2,1-3,7-9H3/q-3/p+1. The highest BCUT2D eigenvalue weighted by Crippen LogP contribution is 2.33. The lowest BCUT2D eigenvalue weighted by atomic mass is 10.1. The number of aromatic nitrogens is 3. The molecule has 0 amide bonds. The third kappa shape index (κ3) is 9.17. The van der Waals surface area contributed by atoms with Crippen LogP contribution in [0.2, 0.25) is 0 Å². The molecule has 3 aromatic heterocycles. The molecule has 1 fully saturated rings. The summed E-state index contributed by atoms with van der Waals surface area (Å²) in [4.78, 5) is 6.69. The zero-order valence-corrected chi connectivity index (χ0v) is 35.1. The van der Waals surface area contributed by atoms with E-state index in [1.54, 1.807) is 0 Å². The number of allylic oxidation sites excluding steroid dienone is 9. The van der Waals surface area contributed by atoms with Crippen LogP contribution >= 0.6 is 0 Å². The highest BCUT2D eigenvalue weighted by Gasteiger charge is 2.21. The average molecular weight is 764 g/mol. The smallest absolute Gasteiger partial charge is 0.0902 e. The zero-order chi connectivity index (χ0) is 40.2. The van der Waals surface area contributed by atoms with E-state index < -0.39 is 0 Å². The average Bonchev–Trinajstić information content (AvgIpc) is 3.89. The van der Waals surface area contributed by atoms with Gasteiger partial charge in [0, 0.05) is 93.9 Å². The minimum atomic E-state index is 0.765. The van der Waals surface area contributed by atoms with E-state index in [1.807, 2.05) is 0 Å². The molecule has 0 unspecified atom stereocenters. The number of nitrogens with zero attached hydrogens (tertiary/aromatic N) is 8. The van der Waals surface area contributed by atoms with Crippen LogP contribution in [0.1, 0.15) is 50.0 Å². The lowest BCUT2D eigenvalue weighted by molar-refractivity contribution is -0.893. The molecule has 0 saturated carbocycles. The quantitative estimate of drug-likeness (QED) is 0.253. The molecule has 4 aliphatic rings. The van der Waals surface area contributed by atoms with Crippen molar-refractivity contribution in [1.82, 2.24) is 23.5 Å². The molecule has 1 N–H and O–H groups in total. The second kappa shape index (κ2) is 17.5. The first-order chi connectivity index (χ1) is 27.5. The number of rotatable bonds is 11. The molecule has 57 heavy (non-hydrogen) atoms. The van der Waals surface area contributed by atoms with Gasteiger partial charge in [-0.3, -0.25) is 9.80 Å². The Morgan fingerprint density at radius 2 is 1.07 bits per heavy atom. The molecule has 7 heterocycles. The van der Waals surface area contributed by atoms with E-state index in [4.69, 9.17) is 16.0 Å². The van der Waals surface area contributed by atoms with Crippen LogP contribution in [0.5, 0.6) is 0 Å². The fourth-order valence-corrected chi connectivity index (χ4v) is 8.54. The van der Waals surface area contributed by atoms with E-state index in [0.29, 0.717) is 0 Å². The first-order valence-electron chi connectivity index (χ1n) is 20.7. The van der Waals surface area contributed by atoms with E-state index in [1.165, 1.54) is 49.7 Å². The summed E-state index contributed by atoms with van der Waals surface area (Å²) >= 11 is 0. The van der Waals surface area contributed by atoms with E-state index in [9.17, 15) is 0 Å². The molecule has 0 radical (unpaired) electrons. The summed E-state index contributed by atoms with van der Waals surface area (Å²) in [6.45, 7) is 27.6. The summed E-state index contributed by atoms with van der Waals surface area (Å²) in [6.07, 6.45) is 16.2. The number of quaternary nitrogens is 1. The Morgan fingerprint density at radius 3 is 1.53 bits per heavy atom. The van der Waals surface area contributed by atoms with Gasteiger partial charge in [0.2, 0.25) is 0 Å². The Balaban J connectivity index is 1.15. The molecule has 0 aliphatic carbocycles. The summed E-state index contributed by atoms with van der Waals surface area (Å²) < 4.78 is 6.76. The first-order valence-corrected chi connectivity index (χ1v) is 20.7. The molecule has 7 rings (SSSR count). The van der Waals surface area contributed by atoms with Crippen molar-refractivity contribution in [2.75, 3.05) is 58.9 Å². The van der Waals surface area contributed by atoms with Crippen molar-refractivity contribution in [3.05, 3.63) is 170 Å². The SMILES string of the molecule is C=C1C=C(c2ccc(CC)n2C)C=C(CN2CCN(CC3=CC(c4ccc(CC)n4C)=CC(=C)[N-]3)CC[NH+](CC3=CC(=c4ccc(=C)n4C)C=C(CC)[N-]3)CC2)[N-]1. The Hall–Kier alpha value is -5.22. The molecular weight excluding hydrogens is 703 g/mol. The molecule has 0 aromatic carbocycles. The molecule has 9 nitrogen and oxygen atoms in total. The Morgan fingerprint density at radius 1 is 0.544 bits per heavy atom. The van der Waals surface area contributed by atoms with Crippen molar-refractivity contribution >= 4 is 23.3 Å². The molecule has 300 valence electrons. The number of hydrogen-bond donors (Lipinski definition) is 1. The molecule has 9 heteroatoms. The minimum Gasteiger partial charge on any atom is -0.661 e. The van der Waals surface area contributed by atoms with Crippen molar-refractivity contribution in [2.24, 2.45) is 21.1 Å². The first kappa shape index (κ1) is 40.0. The molecule has 3 aromatic rings. The maximum Gasteiger partial charge on any atom is 0.0902 e. The van der Waals surface area contributed by atoms with Gasteiger partial charge < -0.3 is 34.6 Å². The van der Waals surface area contributed by atoms with Crippen LogP contribution in [0, 0.1) is 0 Å². The van der Waals surface area contributed by atoms with Crippen molar-refractivity contribution < 1.29 is 4.90 Å². The molecule has 0 spiro atoms. The highest BCUT2D eigenvalue weighted by molar-refractivity contribution is 5.81. The summed E-state index contributed by atoms with van der Waals surface area (Å²) in [5.74, 6) is 0. The van der Waals surface area contributed by atoms with Crippen molar-refractivity contribution in [1.29, 1.82) is 0 Å². The molecular formula is C48H61N9-2. The van der Waals surface area contributed by atoms with Gasteiger partial charge in [0.05, 0.1) is 19.6 Å². The predicted molar refractivity (Wildman–Crippen MR) is 239 cm³/mol. The molecule has 1 saturated heterocycles. The zero-order valence-electron chi connectivity index (χ0n) is 35.1. The Bertz CT molecular complexity index is 2220. The largest absolute Gasteiger partial charge is 0.661 e. The summed E-state index contributed by atoms with van der Waals surface area (Å²) in [6, 6.07) is 13.2. The summed E-state index contributed by atoms with van der Waals surface area (Å²) in [5, 5.41) is 17.3. The van der Waals surface area contributed by atoms with Crippen LogP contribution in [-0.2, 0) is 34.0 Å². The molecule has 0 bridgehead atoms. The lowest BCUT2D eigenvalue weighted by Gasteiger charge is -2.37. The van der Waals surface area contributed by atoms with Gasteiger partial charge in [-0.25, -0.2) is 0 Å². The van der Waals surface area contributed by atoms with Crippen LogP contribution in [0.15, 0.2) is 120 Å². The van der Waals surface area contributed by atoms with Crippen LogP contribution in [-0.4, -0.2) is 82.4 Å². The topological polar surface area (TPSA) is 68.0 Å². The van der Waals surface area contributed by atoms with Crippen LogP contribution in [0.4, 0.5) is 0 Å². The number of hydrogen-bond acceptors (Lipinski definition) is 2. The van der Waals surface area contributed by atoms with Crippen molar-refractivity contribution in [3.8, 4) is 0 Å². The van der Waals surface area contributed by atoms with E-state index in [-0.39, 0.29) is 0 Å². The van der Waals surface area contributed by atoms with Gasteiger partial charge in [-0.15, -0.1) is 41.6 Å². The highest BCUT2D eigenvalue weighted by atomic mass is 15.3. The van der Waals surface area contributed by atoms with Crippen LogP contribution in [0.3, 0.4) is 0 Å². The van der Waals surface area contributed by atoms with E-state index >= 15 is 0 Å². The minimum absolute atomic E-state index is 0.765. The van der Waals surface area contributed by atoms with Gasteiger partial charge in [0.25, 0.3) is 0 Å². The van der Waals surface area contributed by atoms with Crippen molar-refractivity contribution in [2.45, 2.75) is 40.0 Å². The predicted octanol–water partition coefficient (Wildman–Crippen LogP) is 6.19. The van der Waals surface area contributed by atoms with Gasteiger partial charge in [0.1, 0.15) is 0 Å². The monoisotopic (exact) mass is 764 g/mol. The van der Waals surface area contributed by atoms with Crippen LogP contribution in [0.25, 0.3) is 39.2 Å². The van der Waals surface area contributed by atoms with Gasteiger partial charge in [-0.1, -0.05) is 70.2 Å². The lowest BCUT2D eigenvalue weighted by Crippen LogP contribution is -3.13. The normalized spacial score (nSPS) is 19.9. The fraction of sp³-hybridized carbons (Fsp3) is 0.375. The van der Waals surface area contributed by atoms with E-state index in [0.717, 1.165) is 118 Å². The third-order valence-corrected chi connectivity index (χ3v) is 11.9. The second-order valence-electron chi connectivity index (χ2n) is 15.9. The second-order valence-corrected chi connectivity index (χ2v) is 15.9. The number of aryl methyl sites for hydroxylation is 2. The third-order valence-electron chi connectivity index (χ3n) is 11.9. The van der Waals surface area contributed by atoms with Gasteiger partial charge >= 0.3 is 0 Å².